The van der Waals surface area contributed by atoms with E-state index < -0.39 is 11.6 Å². The lowest BCUT2D eigenvalue weighted by Crippen LogP contribution is -2.41. The summed E-state index contributed by atoms with van der Waals surface area (Å²) in [6, 6.07) is 10.9. The van der Waals surface area contributed by atoms with Crippen LogP contribution in [0.4, 0.5) is 5.69 Å². The molecule has 0 spiro atoms. The number of thiophene rings is 1. The van der Waals surface area contributed by atoms with Gasteiger partial charge < -0.3 is 11.1 Å². The van der Waals surface area contributed by atoms with Crippen LogP contribution in [0.2, 0.25) is 0 Å². The molecule has 29 heavy (non-hydrogen) atoms. The Morgan fingerprint density at radius 2 is 1.76 bits per heavy atom. The molecule has 0 unspecified atom stereocenters. The van der Waals surface area contributed by atoms with Crippen molar-refractivity contribution in [1.82, 2.24) is 9.13 Å². The molecule has 152 valence electrons. The Morgan fingerprint density at radius 1 is 1.00 bits per heavy atom. The molecule has 0 aliphatic carbocycles. The minimum atomic E-state index is -0.644. The number of rotatable bonds is 9. The molecule has 0 radical (unpaired) electrons. The van der Waals surface area contributed by atoms with Gasteiger partial charge in [-0.05, 0) is 36.4 Å². The maximum absolute atomic E-state index is 12.7. The van der Waals surface area contributed by atoms with Crippen molar-refractivity contribution >= 4 is 39.1 Å². The number of nitrogens with one attached hydrogen (secondary N) is 1. The van der Waals surface area contributed by atoms with Gasteiger partial charge in [-0.25, -0.2) is 4.79 Å². The zero-order valence-corrected chi connectivity index (χ0v) is 16.6. The largest absolute Gasteiger partial charge is 0.368 e. The average molecular weight is 414 g/mol. The molecule has 0 atom stereocenters. The Morgan fingerprint density at radius 3 is 2.48 bits per heavy atom. The summed E-state index contributed by atoms with van der Waals surface area (Å²) in [7, 11) is 0. The van der Waals surface area contributed by atoms with Gasteiger partial charge in [0.05, 0.1) is 5.52 Å². The van der Waals surface area contributed by atoms with Crippen molar-refractivity contribution in [1.29, 1.82) is 0 Å². The summed E-state index contributed by atoms with van der Waals surface area (Å²) in [4.78, 5) is 48.5. The van der Waals surface area contributed by atoms with Gasteiger partial charge in [-0.3, -0.25) is 23.5 Å². The van der Waals surface area contributed by atoms with E-state index in [4.69, 9.17) is 5.73 Å². The highest BCUT2D eigenvalue weighted by Crippen LogP contribution is 2.15. The zero-order valence-electron chi connectivity index (χ0n) is 15.8. The lowest BCUT2D eigenvalue weighted by molar-refractivity contribution is -0.118. The van der Waals surface area contributed by atoms with Gasteiger partial charge in [0.1, 0.15) is 11.2 Å². The van der Waals surface area contributed by atoms with Crippen LogP contribution in [0.1, 0.15) is 25.7 Å². The molecule has 0 saturated heterocycles. The number of nitrogens with two attached hydrogens (primary N) is 1. The lowest BCUT2D eigenvalue weighted by atomic mass is 10.2. The quantitative estimate of drug-likeness (QED) is 0.520. The predicted octanol–water partition coefficient (Wildman–Crippen LogP) is 1.91. The van der Waals surface area contributed by atoms with Gasteiger partial charge in [-0.2, -0.15) is 0 Å². The fourth-order valence-electron chi connectivity index (χ4n) is 3.12. The summed E-state index contributed by atoms with van der Waals surface area (Å²) in [6.45, 7) is -0.0451. The molecule has 3 aromatic rings. The van der Waals surface area contributed by atoms with Crippen LogP contribution in [-0.4, -0.2) is 20.9 Å². The topological polar surface area (TPSA) is 116 Å². The van der Waals surface area contributed by atoms with E-state index in [2.05, 4.69) is 5.32 Å². The van der Waals surface area contributed by atoms with Crippen molar-refractivity contribution in [3.05, 3.63) is 62.6 Å². The summed E-state index contributed by atoms with van der Waals surface area (Å²) in [6.07, 6.45) is 2.26. The number of carbonyl (C=O) groups excluding carboxylic acids is 2. The summed E-state index contributed by atoms with van der Waals surface area (Å²) >= 11 is 1.23. The molecule has 3 rings (SSSR count). The first kappa shape index (κ1) is 20.5. The number of anilines is 1. The number of hydrogen-bond donors (Lipinski definition) is 2. The first-order valence-electron chi connectivity index (χ1n) is 9.31. The zero-order chi connectivity index (χ0) is 20.8. The number of nitrogens with zero attached hydrogens (tertiary/aromatic N) is 2. The molecule has 9 heteroatoms. The minimum Gasteiger partial charge on any atom is -0.368 e. The van der Waals surface area contributed by atoms with Crippen molar-refractivity contribution in [3.63, 3.8) is 0 Å². The first-order chi connectivity index (χ1) is 14.0. The number of para-hydroxylation sites is 1. The third-order valence-corrected chi connectivity index (χ3v) is 5.39. The van der Waals surface area contributed by atoms with Crippen molar-refractivity contribution in [2.45, 2.75) is 38.8 Å². The van der Waals surface area contributed by atoms with Crippen molar-refractivity contribution < 1.29 is 9.59 Å². The smallest absolute Gasteiger partial charge is 0.332 e. The fraction of sp³-hybridized carbons (Fsp3) is 0.300. The number of benzene rings is 1. The molecule has 2 aromatic heterocycles. The van der Waals surface area contributed by atoms with Gasteiger partial charge in [-0.1, -0.05) is 24.6 Å². The predicted molar refractivity (Wildman–Crippen MR) is 113 cm³/mol. The number of aromatic nitrogens is 2. The number of carbonyl (C=O) groups is 2. The molecule has 2 heterocycles. The molecule has 3 N–H and O–H groups in total. The minimum absolute atomic E-state index is 0.0721. The fourth-order valence-corrected chi connectivity index (χ4v) is 3.96. The van der Waals surface area contributed by atoms with Gasteiger partial charge in [0.15, 0.2) is 0 Å². The molecule has 1 aromatic carbocycles. The van der Waals surface area contributed by atoms with Crippen LogP contribution in [0.5, 0.6) is 0 Å². The second-order valence-electron chi connectivity index (χ2n) is 6.65. The van der Waals surface area contributed by atoms with E-state index >= 15 is 0 Å². The van der Waals surface area contributed by atoms with Crippen LogP contribution >= 0.6 is 11.3 Å². The maximum atomic E-state index is 12.7. The van der Waals surface area contributed by atoms with Crippen molar-refractivity contribution in [2.24, 2.45) is 5.73 Å². The van der Waals surface area contributed by atoms with E-state index in [0.29, 0.717) is 35.9 Å². The Labute approximate surface area is 170 Å². The van der Waals surface area contributed by atoms with Gasteiger partial charge >= 0.3 is 5.69 Å². The SMILES string of the molecule is NC(=O)Cn1c(=O)n(CCCCCC(=O)Nc2ccccc2)c(=O)c2sccc21. The average Bonchev–Trinajstić information content (AvgIpc) is 3.18. The van der Waals surface area contributed by atoms with Crippen LogP contribution in [-0.2, 0) is 22.7 Å². The monoisotopic (exact) mass is 414 g/mol. The molecular formula is C20H22N4O4S. The van der Waals surface area contributed by atoms with Crippen LogP contribution in [0.25, 0.3) is 10.2 Å². The summed E-state index contributed by atoms with van der Waals surface area (Å²) in [5.74, 6) is -0.716. The van der Waals surface area contributed by atoms with E-state index in [1.54, 1.807) is 11.4 Å². The standard InChI is InChI=1S/C20H22N4O4S/c21-16(25)13-24-15-10-12-29-18(15)19(27)23(20(24)28)11-6-2-5-9-17(26)22-14-7-3-1-4-8-14/h1,3-4,7-8,10,12H,2,5-6,9,11,13H2,(H2,21,25)(H,22,26). The first-order valence-corrected chi connectivity index (χ1v) is 10.2. The van der Waals surface area contributed by atoms with Crippen LogP contribution < -0.4 is 22.3 Å². The van der Waals surface area contributed by atoms with E-state index in [9.17, 15) is 19.2 Å². The van der Waals surface area contributed by atoms with E-state index in [-0.39, 0.29) is 24.6 Å². The summed E-state index contributed by atoms with van der Waals surface area (Å²) in [5, 5.41) is 4.53. The highest BCUT2D eigenvalue weighted by Gasteiger charge is 2.15. The van der Waals surface area contributed by atoms with Gasteiger partial charge in [-0.15, -0.1) is 11.3 Å². The number of amides is 2. The second-order valence-corrected chi connectivity index (χ2v) is 7.57. The number of fused-ring (bicyclic) bond motifs is 1. The Kier molecular flexibility index (Phi) is 6.61. The second kappa shape index (κ2) is 9.33. The molecule has 0 bridgehead atoms. The summed E-state index contributed by atoms with van der Waals surface area (Å²) in [5.41, 5.74) is 5.53. The number of primary amides is 1. The molecule has 8 nitrogen and oxygen atoms in total. The molecule has 0 aliphatic heterocycles. The third kappa shape index (κ3) is 5.00. The Balaban J connectivity index is 1.59. The lowest BCUT2D eigenvalue weighted by Gasteiger charge is -2.11. The third-order valence-electron chi connectivity index (χ3n) is 4.49. The Bertz CT molecular complexity index is 1130. The van der Waals surface area contributed by atoms with Gasteiger partial charge in [0.2, 0.25) is 11.8 Å². The molecule has 0 fully saturated rings. The van der Waals surface area contributed by atoms with Gasteiger partial charge in [0, 0.05) is 18.7 Å². The van der Waals surface area contributed by atoms with Crippen LogP contribution in [0.15, 0.2) is 51.4 Å². The van der Waals surface area contributed by atoms with E-state index in [1.807, 2.05) is 30.3 Å². The molecule has 0 aliphatic rings. The van der Waals surface area contributed by atoms with E-state index in [1.165, 1.54) is 15.9 Å². The molecular weight excluding hydrogens is 392 g/mol. The van der Waals surface area contributed by atoms with Crippen LogP contribution in [0.3, 0.4) is 0 Å². The van der Waals surface area contributed by atoms with Crippen molar-refractivity contribution in [3.8, 4) is 0 Å². The van der Waals surface area contributed by atoms with E-state index in [0.717, 1.165) is 10.3 Å². The highest BCUT2D eigenvalue weighted by atomic mass is 32.1. The highest BCUT2D eigenvalue weighted by molar-refractivity contribution is 7.17. The van der Waals surface area contributed by atoms with Crippen molar-refractivity contribution in [2.75, 3.05) is 5.32 Å². The molecule has 0 saturated carbocycles. The Hall–Kier alpha value is -3.20. The summed E-state index contributed by atoms with van der Waals surface area (Å²) < 4.78 is 2.81. The molecule has 2 amide bonds. The maximum Gasteiger partial charge on any atom is 0.332 e. The number of unbranched alkanes of at least 4 members (excludes halogenated alkanes) is 2. The van der Waals surface area contributed by atoms with Crippen LogP contribution in [0, 0.1) is 0 Å². The van der Waals surface area contributed by atoms with Gasteiger partial charge in [0.25, 0.3) is 5.56 Å². The normalized spacial score (nSPS) is 10.9. The number of hydrogen-bond acceptors (Lipinski definition) is 5.